The average Bonchev–Trinajstić information content (AvgIpc) is 2.92. The third-order valence-corrected chi connectivity index (χ3v) is 8.04. The number of hydrogen-bond acceptors (Lipinski definition) is 7. The first kappa shape index (κ1) is 31.1. The molecule has 3 atom stereocenters. The molecule has 0 aliphatic carbocycles. The van der Waals surface area contributed by atoms with Gasteiger partial charge in [0.1, 0.15) is 12.1 Å². The van der Waals surface area contributed by atoms with Crippen LogP contribution in [-0.2, 0) is 31.9 Å². The molecule has 6 N–H and O–H groups in total. The fourth-order valence-corrected chi connectivity index (χ4v) is 5.53. The fourth-order valence-electron chi connectivity index (χ4n) is 3.62. The van der Waals surface area contributed by atoms with Crippen LogP contribution in [0.2, 0.25) is 0 Å². The summed E-state index contributed by atoms with van der Waals surface area (Å²) in [6, 6.07) is 13.7. The molecule has 0 saturated carbocycles. The number of hydrogen-bond donors (Lipinski definition) is 5. The molecule has 0 aliphatic rings. The van der Waals surface area contributed by atoms with Crippen LogP contribution >= 0.6 is 11.8 Å². The van der Waals surface area contributed by atoms with Gasteiger partial charge in [0.15, 0.2) is 5.84 Å². The number of oxime groups is 1. The van der Waals surface area contributed by atoms with Crippen molar-refractivity contribution in [3.63, 3.8) is 0 Å². The lowest BCUT2D eigenvalue weighted by molar-refractivity contribution is -0.130. The summed E-state index contributed by atoms with van der Waals surface area (Å²) < 4.78 is 28.3. The predicted octanol–water partition coefficient (Wildman–Crippen LogP) is 2.17. The van der Waals surface area contributed by atoms with E-state index in [1.165, 1.54) is 11.8 Å². The number of rotatable bonds is 15. The van der Waals surface area contributed by atoms with Crippen molar-refractivity contribution < 1.29 is 23.2 Å². The molecular formula is C26H37N5O5S2. The van der Waals surface area contributed by atoms with Gasteiger partial charge in [0.25, 0.3) is 0 Å². The molecule has 0 saturated heterocycles. The highest BCUT2D eigenvalue weighted by Gasteiger charge is 2.31. The maximum absolute atomic E-state index is 13.3. The van der Waals surface area contributed by atoms with Gasteiger partial charge in [-0.2, -0.15) is 11.8 Å². The molecule has 2 aromatic rings. The van der Waals surface area contributed by atoms with Crippen molar-refractivity contribution in [1.82, 2.24) is 15.4 Å². The molecule has 0 aromatic heterocycles. The van der Waals surface area contributed by atoms with Crippen LogP contribution in [0.3, 0.4) is 0 Å². The molecule has 2 aromatic carbocycles. The Morgan fingerprint density at radius 2 is 1.71 bits per heavy atom. The van der Waals surface area contributed by atoms with Gasteiger partial charge in [-0.1, -0.05) is 80.0 Å². The van der Waals surface area contributed by atoms with Gasteiger partial charge in [-0.25, -0.2) is 13.1 Å². The van der Waals surface area contributed by atoms with E-state index in [4.69, 9.17) is 10.9 Å². The van der Waals surface area contributed by atoms with Gasteiger partial charge >= 0.3 is 0 Å². The Hall–Kier alpha value is -3.09. The molecule has 0 bridgehead atoms. The van der Waals surface area contributed by atoms with Crippen LogP contribution in [0, 0.1) is 5.92 Å². The first-order valence-corrected chi connectivity index (χ1v) is 15.3. The lowest BCUT2D eigenvalue weighted by Gasteiger charge is -2.26. The van der Waals surface area contributed by atoms with Crippen LogP contribution in [0.5, 0.6) is 0 Å². The number of amides is 2. The highest BCUT2D eigenvalue weighted by molar-refractivity contribution is 7.98. The summed E-state index contributed by atoms with van der Waals surface area (Å²) in [6.07, 6.45) is 2.85. The zero-order valence-electron chi connectivity index (χ0n) is 21.9. The lowest BCUT2D eigenvalue weighted by atomic mass is 9.99. The largest absolute Gasteiger partial charge is 0.409 e. The van der Waals surface area contributed by atoms with Crippen molar-refractivity contribution in [2.24, 2.45) is 16.8 Å². The number of nitrogens with two attached hydrogens (primary N) is 1. The summed E-state index contributed by atoms with van der Waals surface area (Å²) in [4.78, 5) is 26.3. The molecule has 0 spiro atoms. The minimum absolute atomic E-state index is 0.0179. The zero-order valence-corrected chi connectivity index (χ0v) is 23.5. The van der Waals surface area contributed by atoms with Gasteiger partial charge in [0.05, 0.1) is 5.75 Å². The Labute approximate surface area is 228 Å². The minimum atomic E-state index is -3.81. The molecule has 10 nitrogen and oxygen atoms in total. The van der Waals surface area contributed by atoms with Crippen molar-refractivity contribution >= 4 is 39.4 Å². The lowest BCUT2D eigenvalue weighted by Crippen LogP contribution is -2.55. The Morgan fingerprint density at radius 1 is 1.05 bits per heavy atom. The first-order chi connectivity index (χ1) is 18.1. The first-order valence-electron chi connectivity index (χ1n) is 12.3. The molecule has 208 valence electrons. The molecule has 0 unspecified atom stereocenters. The quantitative estimate of drug-likeness (QED) is 0.0959. The SMILES string of the molecule is CC[C@@H](C)[C@@H](NS(=O)(=O)Cc1ccccc1)C(=O)N[C@@H](CCSC)C(=O)NCc1ccc(/C(N)=N\O)cc1. The van der Waals surface area contributed by atoms with Crippen LogP contribution in [0.15, 0.2) is 59.8 Å². The van der Waals surface area contributed by atoms with Gasteiger partial charge in [0.2, 0.25) is 21.8 Å². The predicted molar refractivity (Wildman–Crippen MR) is 151 cm³/mol. The average molecular weight is 564 g/mol. The van der Waals surface area contributed by atoms with Crippen molar-refractivity contribution in [2.45, 2.75) is 51.1 Å². The van der Waals surface area contributed by atoms with E-state index >= 15 is 0 Å². The number of carbonyl (C=O) groups excluding carboxylic acids is 2. The Bertz CT molecular complexity index is 1170. The van der Waals surface area contributed by atoms with Crippen LogP contribution in [-0.4, -0.2) is 55.4 Å². The van der Waals surface area contributed by atoms with E-state index in [1.54, 1.807) is 61.5 Å². The third kappa shape index (κ3) is 9.99. The van der Waals surface area contributed by atoms with Gasteiger partial charge in [-0.05, 0) is 35.5 Å². The molecule has 0 radical (unpaired) electrons. The van der Waals surface area contributed by atoms with Crippen LogP contribution in [0.4, 0.5) is 0 Å². The minimum Gasteiger partial charge on any atom is -0.409 e. The second-order valence-corrected chi connectivity index (χ2v) is 11.7. The Balaban J connectivity index is 2.10. The van der Waals surface area contributed by atoms with E-state index in [2.05, 4.69) is 20.5 Å². The number of nitrogens with zero attached hydrogens (tertiary/aromatic N) is 1. The second-order valence-electron chi connectivity index (χ2n) is 8.97. The second kappa shape index (κ2) is 15.4. The van der Waals surface area contributed by atoms with E-state index in [0.717, 1.165) is 5.56 Å². The number of amidine groups is 1. The van der Waals surface area contributed by atoms with E-state index in [1.807, 2.05) is 13.2 Å². The van der Waals surface area contributed by atoms with Crippen molar-refractivity contribution in [3.05, 3.63) is 71.3 Å². The monoisotopic (exact) mass is 563 g/mol. The van der Waals surface area contributed by atoms with E-state index in [0.29, 0.717) is 29.7 Å². The molecule has 2 amide bonds. The van der Waals surface area contributed by atoms with Crippen LogP contribution < -0.4 is 21.1 Å². The molecule has 38 heavy (non-hydrogen) atoms. The summed E-state index contributed by atoms with van der Waals surface area (Å²) in [5.74, 6) is -0.850. The van der Waals surface area contributed by atoms with Crippen LogP contribution in [0.1, 0.15) is 43.4 Å². The maximum Gasteiger partial charge on any atom is 0.242 e. The summed E-state index contributed by atoms with van der Waals surface area (Å²) in [5, 5.41) is 17.3. The molecular weight excluding hydrogens is 526 g/mol. The number of nitrogens with one attached hydrogen (secondary N) is 3. The topological polar surface area (TPSA) is 163 Å². The molecule has 0 aliphatic heterocycles. The van der Waals surface area contributed by atoms with Gasteiger partial charge in [-0.15, -0.1) is 0 Å². The number of thioether (sulfide) groups is 1. The number of sulfonamides is 1. The molecule has 0 heterocycles. The standard InChI is InChI=1S/C26H37N5O5S2/c1-4-18(2)23(31-38(35,36)17-20-8-6-5-7-9-20)26(33)29-22(14-15-37-3)25(32)28-16-19-10-12-21(13-11-19)24(27)30-34/h5-13,18,22-23,31,34H,4,14-17H2,1-3H3,(H2,27,30)(H,28,32)(H,29,33)/t18-,22+,23-/m1/s1. The molecule has 0 fully saturated rings. The highest BCUT2D eigenvalue weighted by Crippen LogP contribution is 2.13. The Kier molecular flexibility index (Phi) is 12.6. The molecule has 12 heteroatoms. The van der Waals surface area contributed by atoms with Gasteiger partial charge < -0.3 is 21.6 Å². The normalized spacial score (nSPS) is 14.3. The van der Waals surface area contributed by atoms with Gasteiger partial charge in [0, 0.05) is 12.1 Å². The van der Waals surface area contributed by atoms with Gasteiger partial charge in [-0.3, -0.25) is 9.59 Å². The maximum atomic E-state index is 13.3. The van der Waals surface area contributed by atoms with Crippen molar-refractivity contribution in [2.75, 3.05) is 12.0 Å². The van der Waals surface area contributed by atoms with Crippen molar-refractivity contribution in [3.8, 4) is 0 Å². The fraction of sp³-hybridized carbons (Fsp3) is 0.423. The summed E-state index contributed by atoms with van der Waals surface area (Å²) in [6.45, 7) is 3.88. The zero-order chi connectivity index (χ0) is 28.1. The van der Waals surface area contributed by atoms with Crippen LogP contribution in [0.25, 0.3) is 0 Å². The molecule has 2 rings (SSSR count). The van der Waals surface area contributed by atoms with E-state index in [-0.39, 0.29) is 30.0 Å². The van der Waals surface area contributed by atoms with E-state index in [9.17, 15) is 18.0 Å². The summed E-state index contributed by atoms with van der Waals surface area (Å²) >= 11 is 1.54. The number of benzene rings is 2. The summed E-state index contributed by atoms with van der Waals surface area (Å²) in [5.41, 5.74) is 7.51. The third-order valence-electron chi connectivity index (χ3n) is 6.07. The highest BCUT2D eigenvalue weighted by atomic mass is 32.2. The van der Waals surface area contributed by atoms with E-state index < -0.39 is 28.0 Å². The summed E-state index contributed by atoms with van der Waals surface area (Å²) in [7, 11) is -3.81. The Morgan fingerprint density at radius 3 is 2.29 bits per heavy atom. The smallest absolute Gasteiger partial charge is 0.242 e. The van der Waals surface area contributed by atoms with Crippen molar-refractivity contribution in [1.29, 1.82) is 0 Å². The number of carbonyl (C=O) groups is 2.